The van der Waals surface area contributed by atoms with Gasteiger partial charge in [-0.3, -0.25) is 4.79 Å². The van der Waals surface area contributed by atoms with E-state index in [4.69, 9.17) is 4.74 Å². The minimum absolute atomic E-state index is 0.00409. The molecule has 1 aromatic carbocycles. The molecule has 1 heterocycles. The lowest BCUT2D eigenvalue weighted by Crippen LogP contribution is -2.36. The molecular formula is C15H22N2O2. The maximum atomic E-state index is 11.9. The minimum atomic E-state index is -0.368. The van der Waals surface area contributed by atoms with Crippen LogP contribution in [-0.2, 0) is 4.79 Å². The zero-order valence-electron chi connectivity index (χ0n) is 11.6. The Morgan fingerprint density at radius 1 is 1.37 bits per heavy atom. The van der Waals surface area contributed by atoms with Gasteiger partial charge >= 0.3 is 0 Å². The van der Waals surface area contributed by atoms with Crippen molar-refractivity contribution in [3.8, 4) is 5.75 Å². The van der Waals surface area contributed by atoms with E-state index < -0.39 is 0 Å². The second-order valence-electron chi connectivity index (χ2n) is 4.94. The Balaban J connectivity index is 2.15. The van der Waals surface area contributed by atoms with Gasteiger partial charge in [0, 0.05) is 18.2 Å². The molecule has 0 spiro atoms. The number of ether oxygens (including phenoxy) is 1. The van der Waals surface area contributed by atoms with Crippen molar-refractivity contribution >= 4 is 5.91 Å². The molecule has 1 aliphatic heterocycles. The molecule has 0 aliphatic carbocycles. The zero-order valence-corrected chi connectivity index (χ0v) is 11.6. The van der Waals surface area contributed by atoms with Crippen LogP contribution in [-0.4, -0.2) is 25.6 Å². The van der Waals surface area contributed by atoms with Crippen molar-refractivity contribution in [3.05, 3.63) is 29.8 Å². The molecule has 0 saturated carbocycles. The molecule has 1 saturated heterocycles. The monoisotopic (exact) mass is 262 g/mol. The van der Waals surface area contributed by atoms with E-state index >= 15 is 0 Å². The molecule has 1 aromatic rings. The first-order valence-corrected chi connectivity index (χ1v) is 6.93. The topological polar surface area (TPSA) is 50.4 Å². The van der Waals surface area contributed by atoms with Crippen LogP contribution in [0.15, 0.2) is 24.3 Å². The minimum Gasteiger partial charge on any atom is -0.480 e. The van der Waals surface area contributed by atoms with Crippen LogP contribution in [0.3, 0.4) is 0 Å². The third-order valence-electron chi connectivity index (χ3n) is 3.57. The van der Waals surface area contributed by atoms with Crippen molar-refractivity contribution in [3.63, 3.8) is 0 Å². The van der Waals surface area contributed by atoms with Crippen LogP contribution in [0, 0.1) is 0 Å². The molecule has 4 heteroatoms. The fourth-order valence-corrected chi connectivity index (χ4v) is 2.28. The van der Waals surface area contributed by atoms with E-state index in [1.165, 1.54) is 0 Å². The molecule has 1 amide bonds. The van der Waals surface area contributed by atoms with Crippen LogP contribution in [0.25, 0.3) is 0 Å². The second-order valence-corrected chi connectivity index (χ2v) is 4.94. The van der Waals surface area contributed by atoms with E-state index in [-0.39, 0.29) is 18.1 Å². The Hall–Kier alpha value is -1.55. The zero-order chi connectivity index (χ0) is 13.7. The van der Waals surface area contributed by atoms with Gasteiger partial charge in [-0.15, -0.1) is 0 Å². The standard InChI is InChI=1S/C15H22N2O2/c1-11(16-2)12-7-3-4-8-13(12)19-14-9-5-6-10-17-15(14)18/h3-4,7-8,11,14,16H,5-6,9-10H2,1-2H3,(H,17,18). The van der Waals surface area contributed by atoms with Crippen LogP contribution < -0.4 is 15.4 Å². The van der Waals surface area contributed by atoms with Crippen LogP contribution in [0.5, 0.6) is 5.75 Å². The summed E-state index contributed by atoms with van der Waals surface area (Å²) in [7, 11) is 1.92. The summed E-state index contributed by atoms with van der Waals surface area (Å²) in [6, 6.07) is 8.09. The lowest BCUT2D eigenvalue weighted by molar-refractivity contribution is -0.127. The predicted octanol–water partition coefficient (Wildman–Crippen LogP) is 2.01. The third-order valence-corrected chi connectivity index (χ3v) is 3.57. The molecule has 0 bridgehead atoms. The van der Waals surface area contributed by atoms with Gasteiger partial charge in [-0.25, -0.2) is 0 Å². The fraction of sp³-hybridized carbons (Fsp3) is 0.533. The maximum absolute atomic E-state index is 11.9. The van der Waals surface area contributed by atoms with E-state index in [2.05, 4.69) is 17.6 Å². The molecule has 0 aromatic heterocycles. The number of benzene rings is 1. The first-order valence-electron chi connectivity index (χ1n) is 6.93. The molecule has 0 radical (unpaired) electrons. The highest BCUT2D eigenvalue weighted by Crippen LogP contribution is 2.26. The van der Waals surface area contributed by atoms with Crippen molar-refractivity contribution in [2.45, 2.75) is 38.3 Å². The summed E-state index contributed by atoms with van der Waals surface area (Å²) in [5, 5.41) is 6.10. The number of hydrogen-bond acceptors (Lipinski definition) is 3. The Labute approximate surface area is 114 Å². The Kier molecular flexibility index (Phi) is 4.80. The van der Waals surface area contributed by atoms with E-state index in [9.17, 15) is 4.79 Å². The summed E-state index contributed by atoms with van der Waals surface area (Å²) in [5.74, 6) is 0.802. The summed E-state index contributed by atoms with van der Waals surface area (Å²) < 4.78 is 5.95. The summed E-state index contributed by atoms with van der Waals surface area (Å²) in [6.45, 7) is 2.84. The number of amides is 1. The number of para-hydroxylation sites is 1. The van der Waals surface area contributed by atoms with Crippen LogP contribution in [0.1, 0.15) is 37.8 Å². The Bertz CT molecular complexity index is 434. The van der Waals surface area contributed by atoms with E-state index in [0.717, 1.165) is 37.1 Å². The molecule has 2 N–H and O–H groups in total. The summed E-state index contributed by atoms with van der Waals surface area (Å²) in [4.78, 5) is 11.9. The maximum Gasteiger partial charge on any atom is 0.261 e. The molecule has 2 rings (SSSR count). The lowest BCUT2D eigenvalue weighted by atomic mass is 10.1. The van der Waals surface area contributed by atoms with Crippen LogP contribution >= 0.6 is 0 Å². The van der Waals surface area contributed by atoms with Gasteiger partial charge in [-0.05, 0) is 39.3 Å². The summed E-state index contributed by atoms with van der Waals surface area (Å²) in [6.07, 6.45) is 2.47. The lowest BCUT2D eigenvalue weighted by Gasteiger charge is -2.20. The van der Waals surface area contributed by atoms with Gasteiger partial charge in [0.25, 0.3) is 5.91 Å². The van der Waals surface area contributed by atoms with Gasteiger partial charge in [0.05, 0.1) is 0 Å². The van der Waals surface area contributed by atoms with Crippen molar-refractivity contribution < 1.29 is 9.53 Å². The normalized spacial score (nSPS) is 21.4. The van der Waals surface area contributed by atoms with Crippen molar-refractivity contribution in [2.75, 3.05) is 13.6 Å². The average Bonchev–Trinajstić information content (AvgIpc) is 2.64. The molecule has 2 unspecified atom stereocenters. The summed E-state index contributed by atoms with van der Waals surface area (Å²) >= 11 is 0. The van der Waals surface area contributed by atoms with E-state index in [1.54, 1.807) is 0 Å². The van der Waals surface area contributed by atoms with E-state index in [1.807, 2.05) is 31.3 Å². The molecule has 104 valence electrons. The first kappa shape index (κ1) is 13.9. The first-order chi connectivity index (χ1) is 9.22. The van der Waals surface area contributed by atoms with Gasteiger partial charge < -0.3 is 15.4 Å². The SMILES string of the molecule is CNC(C)c1ccccc1OC1CCCCNC1=O. The van der Waals surface area contributed by atoms with Gasteiger partial charge in [-0.2, -0.15) is 0 Å². The molecule has 1 fully saturated rings. The number of hydrogen-bond donors (Lipinski definition) is 2. The predicted molar refractivity (Wildman–Crippen MR) is 75.2 cm³/mol. The quantitative estimate of drug-likeness (QED) is 0.872. The number of carbonyl (C=O) groups excluding carboxylic acids is 1. The molecular weight excluding hydrogens is 240 g/mol. The van der Waals surface area contributed by atoms with Gasteiger partial charge in [-0.1, -0.05) is 18.2 Å². The smallest absolute Gasteiger partial charge is 0.261 e. The second kappa shape index (κ2) is 6.57. The average molecular weight is 262 g/mol. The van der Waals surface area contributed by atoms with Crippen LogP contribution in [0.2, 0.25) is 0 Å². The highest BCUT2D eigenvalue weighted by atomic mass is 16.5. The third kappa shape index (κ3) is 3.47. The van der Waals surface area contributed by atoms with E-state index in [0.29, 0.717) is 0 Å². The largest absolute Gasteiger partial charge is 0.480 e. The molecule has 19 heavy (non-hydrogen) atoms. The Morgan fingerprint density at radius 2 is 2.16 bits per heavy atom. The van der Waals surface area contributed by atoms with Crippen molar-refractivity contribution in [1.82, 2.24) is 10.6 Å². The number of carbonyl (C=O) groups is 1. The molecule has 4 nitrogen and oxygen atoms in total. The highest BCUT2D eigenvalue weighted by Gasteiger charge is 2.23. The molecule has 1 aliphatic rings. The van der Waals surface area contributed by atoms with Crippen LogP contribution in [0.4, 0.5) is 0 Å². The van der Waals surface area contributed by atoms with Gasteiger partial charge in [0.2, 0.25) is 0 Å². The molecule has 2 atom stereocenters. The van der Waals surface area contributed by atoms with Gasteiger partial charge in [0.15, 0.2) is 6.10 Å². The number of nitrogens with one attached hydrogen (secondary N) is 2. The fourth-order valence-electron chi connectivity index (χ4n) is 2.28. The van der Waals surface area contributed by atoms with Gasteiger partial charge in [0.1, 0.15) is 5.75 Å². The Morgan fingerprint density at radius 3 is 2.95 bits per heavy atom. The summed E-state index contributed by atoms with van der Waals surface area (Å²) in [5.41, 5.74) is 1.09. The highest BCUT2D eigenvalue weighted by molar-refractivity contribution is 5.81. The number of rotatable bonds is 4. The van der Waals surface area contributed by atoms with Crippen molar-refractivity contribution in [1.29, 1.82) is 0 Å². The van der Waals surface area contributed by atoms with Crippen molar-refractivity contribution in [2.24, 2.45) is 0 Å².